The van der Waals surface area contributed by atoms with E-state index in [0.29, 0.717) is 12.2 Å². The van der Waals surface area contributed by atoms with Gasteiger partial charge in [0.1, 0.15) is 5.75 Å². The van der Waals surface area contributed by atoms with Gasteiger partial charge in [-0.25, -0.2) is 0 Å². The minimum absolute atomic E-state index is 0.0279. The highest BCUT2D eigenvalue weighted by molar-refractivity contribution is 6.08. The fourth-order valence-corrected chi connectivity index (χ4v) is 2.26. The van der Waals surface area contributed by atoms with Gasteiger partial charge < -0.3 is 4.74 Å². The summed E-state index contributed by atoms with van der Waals surface area (Å²) >= 11 is 0. The third-order valence-corrected chi connectivity index (χ3v) is 3.35. The second-order valence-corrected chi connectivity index (χ2v) is 4.87. The molecule has 0 spiro atoms. The SMILES string of the molecule is CCOc1cccc(C=CC(=O)c2c(C)nn(C)c2C)c1. The lowest BCUT2D eigenvalue weighted by Gasteiger charge is -2.03. The van der Waals surface area contributed by atoms with Crippen LogP contribution in [0.25, 0.3) is 6.08 Å². The number of rotatable bonds is 5. The zero-order valence-electron chi connectivity index (χ0n) is 12.9. The molecule has 110 valence electrons. The molecule has 0 saturated carbocycles. The zero-order chi connectivity index (χ0) is 15.4. The maximum Gasteiger partial charge on any atom is 0.189 e. The Morgan fingerprint density at radius 1 is 1.38 bits per heavy atom. The molecule has 4 nitrogen and oxygen atoms in total. The molecule has 0 radical (unpaired) electrons. The maximum atomic E-state index is 12.3. The molecule has 0 aliphatic heterocycles. The summed E-state index contributed by atoms with van der Waals surface area (Å²) < 4.78 is 7.18. The van der Waals surface area contributed by atoms with Crippen LogP contribution in [0.1, 0.15) is 34.2 Å². The third kappa shape index (κ3) is 3.40. The Labute approximate surface area is 125 Å². The van der Waals surface area contributed by atoms with Gasteiger partial charge in [-0.2, -0.15) is 5.10 Å². The Morgan fingerprint density at radius 2 is 2.14 bits per heavy atom. The molecule has 0 bridgehead atoms. The van der Waals surface area contributed by atoms with Gasteiger partial charge in [0.2, 0.25) is 0 Å². The van der Waals surface area contributed by atoms with Gasteiger partial charge in [-0.15, -0.1) is 0 Å². The molecule has 1 aromatic carbocycles. The van der Waals surface area contributed by atoms with Crippen LogP contribution < -0.4 is 4.74 Å². The van der Waals surface area contributed by atoms with Crippen LogP contribution in [-0.4, -0.2) is 22.2 Å². The fourth-order valence-electron chi connectivity index (χ4n) is 2.26. The molecule has 0 fully saturated rings. The minimum atomic E-state index is -0.0279. The van der Waals surface area contributed by atoms with Crippen LogP contribution in [0, 0.1) is 13.8 Å². The first-order valence-electron chi connectivity index (χ1n) is 6.98. The number of benzene rings is 1. The van der Waals surface area contributed by atoms with E-state index in [1.165, 1.54) is 0 Å². The molecule has 1 heterocycles. The Kier molecular flexibility index (Phi) is 4.58. The van der Waals surface area contributed by atoms with Crippen molar-refractivity contribution in [1.29, 1.82) is 0 Å². The lowest BCUT2D eigenvalue weighted by Crippen LogP contribution is -1.99. The van der Waals surface area contributed by atoms with Crippen LogP contribution in [0.5, 0.6) is 5.75 Å². The number of nitrogens with zero attached hydrogens (tertiary/aromatic N) is 2. The first kappa shape index (κ1) is 15.0. The predicted octanol–water partition coefficient (Wildman–Crippen LogP) is 3.33. The second-order valence-electron chi connectivity index (χ2n) is 4.87. The number of carbonyl (C=O) groups is 1. The Morgan fingerprint density at radius 3 is 2.76 bits per heavy atom. The number of hydrogen-bond acceptors (Lipinski definition) is 3. The van der Waals surface area contributed by atoms with Gasteiger partial charge in [-0.05, 0) is 44.5 Å². The topological polar surface area (TPSA) is 44.1 Å². The van der Waals surface area contributed by atoms with Crippen molar-refractivity contribution in [2.24, 2.45) is 7.05 Å². The van der Waals surface area contributed by atoms with Crippen molar-refractivity contribution in [2.75, 3.05) is 6.61 Å². The zero-order valence-corrected chi connectivity index (χ0v) is 12.9. The number of hydrogen-bond donors (Lipinski definition) is 0. The van der Waals surface area contributed by atoms with E-state index in [4.69, 9.17) is 4.74 Å². The summed E-state index contributed by atoms with van der Waals surface area (Å²) in [5, 5.41) is 4.27. The van der Waals surface area contributed by atoms with E-state index in [-0.39, 0.29) is 5.78 Å². The number of aryl methyl sites for hydroxylation is 2. The highest BCUT2D eigenvalue weighted by Gasteiger charge is 2.14. The van der Waals surface area contributed by atoms with Crippen LogP contribution in [0.3, 0.4) is 0 Å². The third-order valence-electron chi connectivity index (χ3n) is 3.35. The average molecular weight is 284 g/mol. The quantitative estimate of drug-likeness (QED) is 0.625. The normalized spacial score (nSPS) is 11.0. The lowest BCUT2D eigenvalue weighted by molar-refractivity contribution is 0.104. The fraction of sp³-hybridized carbons (Fsp3) is 0.294. The molecule has 2 aromatic rings. The number of ketones is 1. The predicted molar refractivity (Wildman–Crippen MR) is 83.7 cm³/mol. The molecule has 0 unspecified atom stereocenters. The lowest BCUT2D eigenvalue weighted by atomic mass is 10.1. The van der Waals surface area contributed by atoms with Crippen molar-refractivity contribution in [3.63, 3.8) is 0 Å². The van der Waals surface area contributed by atoms with Crippen LogP contribution in [0.4, 0.5) is 0 Å². The first-order chi connectivity index (χ1) is 10.0. The summed E-state index contributed by atoms with van der Waals surface area (Å²) in [5.74, 6) is 0.778. The Hall–Kier alpha value is -2.36. The maximum absolute atomic E-state index is 12.3. The molecule has 21 heavy (non-hydrogen) atoms. The molecule has 0 saturated heterocycles. The summed E-state index contributed by atoms with van der Waals surface area (Å²) in [5.41, 5.74) is 3.25. The van der Waals surface area contributed by atoms with Crippen molar-refractivity contribution in [1.82, 2.24) is 9.78 Å². The molecular weight excluding hydrogens is 264 g/mol. The smallest absolute Gasteiger partial charge is 0.189 e. The van der Waals surface area contributed by atoms with E-state index in [1.54, 1.807) is 16.8 Å². The molecular formula is C17H20N2O2. The van der Waals surface area contributed by atoms with Gasteiger partial charge >= 0.3 is 0 Å². The van der Waals surface area contributed by atoms with E-state index in [9.17, 15) is 4.79 Å². The number of aromatic nitrogens is 2. The van der Waals surface area contributed by atoms with Gasteiger partial charge in [-0.3, -0.25) is 9.48 Å². The van der Waals surface area contributed by atoms with E-state index < -0.39 is 0 Å². The second kappa shape index (κ2) is 6.39. The van der Waals surface area contributed by atoms with Crippen molar-refractivity contribution in [2.45, 2.75) is 20.8 Å². The van der Waals surface area contributed by atoms with Gasteiger partial charge in [-0.1, -0.05) is 18.2 Å². The van der Waals surface area contributed by atoms with Crippen LogP contribution >= 0.6 is 0 Å². The summed E-state index contributed by atoms with van der Waals surface area (Å²) in [6.07, 6.45) is 3.39. The van der Waals surface area contributed by atoms with E-state index in [0.717, 1.165) is 22.7 Å². The molecule has 4 heteroatoms. The summed E-state index contributed by atoms with van der Waals surface area (Å²) in [4.78, 5) is 12.3. The number of carbonyl (C=O) groups excluding carboxylic acids is 1. The molecule has 2 rings (SSSR count). The standard InChI is InChI=1S/C17H20N2O2/c1-5-21-15-8-6-7-14(11-15)9-10-16(20)17-12(2)18-19(4)13(17)3/h6-11H,5H2,1-4H3. The first-order valence-corrected chi connectivity index (χ1v) is 6.98. The highest BCUT2D eigenvalue weighted by Crippen LogP contribution is 2.16. The highest BCUT2D eigenvalue weighted by atomic mass is 16.5. The van der Waals surface area contributed by atoms with Crippen molar-refractivity contribution < 1.29 is 9.53 Å². The Bertz CT molecular complexity index is 684. The van der Waals surface area contributed by atoms with Crippen LogP contribution in [0.2, 0.25) is 0 Å². The molecule has 0 atom stereocenters. The average Bonchev–Trinajstić information content (AvgIpc) is 2.70. The van der Waals surface area contributed by atoms with Crippen LogP contribution in [-0.2, 0) is 7.05 Å². The molecule has 0 aliphatic carbocycles. The Balaban J connectivity index is 2.21. The number of ether oxygens (including phenoxy) is 1. The summed E-state index contributed by atoms with van der Waals surface area (Å²) in [6, 6.07) is 7.67. The summed E-state index contributed by atoms with van der Waals surface area (Å²) in [6.45, 7) is 6.32. The van der Waals surface area contributed by atoms with Gasteiger partial charge in [0.15, 0.2) is 5.78 Å². The van der Waals surface area contributed by atoms with Crippen molar-refractivity contribution in [3.05, 3.63) is 52.9 Å². The largest absolute Gasteiger partial charge is 0.494 e. The monoisotopic (exact) mass is 284 g/mol. The molecule has 0 amide bonds. The minimum Gasteiger partial charge on any atom is -0.494 e. The molecule has 0 N–H and O–H groups in total. The van der Waals surface area contributed by atoms with Crippen molar-refractivity contribution >= 4 is 11.9 Å². The van der Waals surface area contributed by atoms with E-state index >= 15 is 0 Å². The van der Waals surface area contributed by atoms with E-state index in [1.807, 2.05) is 52.1 Å². The molecule has 0 aliphatic rings. The summed E-state index contributed by atoms with van der Waals surface area (Å²) in [7, 11) is 1.84. The van der Waals surface area contributed by atoms with Gasteiger partial charge in [0.25, 0.3) is 0 Å². The number of allylic oxidation sites excluding steroid dienone is 1. The van der Waals surface area contributed by atoms with Gasteiger partial charge in [0, 0.05) is 12.7 Å². The van der Waals surface area contributed by atoms with E-state index in [2.05, 4.69) is 5.10 Å². The van der Waals surface area contributed by atoms with Crippen molar-refractivity contribution in [3.8, 4) is 5.75 Å². The van der Waals surface area contributed by atoms with Crippen LogP contribution in [0.15, 0.2) is 30.3 Å². The molecule has 1 aromatic heterocycles. The van der Waals surface area contributed by atoms with Gasteiger partial charge in [0.05, 0.1) is 17.9 Å².